The van der Waals surface area contributed by atoms with Crippen LogP contribution in [0.15, 0.2) is 77.8 Å². The number of phenols is 1. The van der Waals surface area contributed by atoms with Crippen LogP contribution in [0, 0.1) is 11.8 Å². The van der Waals surface area contributed by atoms with Crippen molar-refractivity contribution in [3.8, 4) is 17.6 Å². The fraction of sp³-hybridized carbons (Fsp3) is 0. The van der Waals surface area contributed by atoms with E-state index < -0.39 is 5.97 Å². The largest absolute Gasteiger partial charge is 0.507 e. The second-order valence-corrected chi connectivity index (χ2v) is 5.50. The third-order valence-corrected chi connectivity index (χ3v) is 3.61. The number of hydrogen-bond donors (Lipinski definition) is 2. The molecule has 0 heterocycles. The fourth-order valence-electron chi connectivity index (χ4n) is 2.24. The molecule has 2 N–H and O–H groups in total. The van der Waals surface area contributed by atoms with Crippen LogP contribution in [-0.2, 0) is 0 Å². The van der Waals surface area contributed by atoms with Crippen LogP contribution in [-0.4, -0.2) is 22.4 Å². The number of benzene rings is 3. The van der Waals surface area contributed by atoms with E-state index in [0.717, 1.165) is 16.7 Å². The number of aliphatic imine (C=N–C) groups is 1. The highest BCUT2D eigenvalue weighted by molar-refractivity contribution is 5.92. The molecule has 0 aliphatic rings. The Bertz CT molecular complexity index is 1010. The summed E-state index contributed by atoms with van der Waals surface area (Å²) in [4.78, 5) is 15.3. The molecule has 0 radical (unpaired) electrons. The van der Waals surface area contributed by atoms with Gasteiger partial charge in [-0.05, 0) is 48.0 Å². The number of carbonyl (C=O) groups is 1. The summed E-state index contributed by atoms with van der Waals surface area (Å²) in [6.07, 6.45) is 1.63. The summed E-state index contributed by atoms with van der Waals surface area (Å²) in [6, 6.07) is 21.5. The van der Waals surface area contributed by atoms with Crippen LogP contribution < -0.4 is 0 Å². The summed E-state index contributed by atoms with van der Waals surface area (Å²) >= 11 is 0. The molecule has 0 saturated carbocycles. The average molecular weight is 341 g/mol. The Morgan fingerprint density at radius 3 is 2.19 bits per heavy atom. The van der Waals surface area contributed by atoms with Gasteiger partial charge in [0.2, 0.25) is 0 Å². The zero-order chi connectivity index (χ0) is 18.4. The normalized spacial score (nSPS) is 10.3. The van der Waals surface area contributed by atoms with Gasteiger partial charge in [-0.1, -0.05) is 42.2 Å². The minimum atomic E-state index is -1.19. The standard InChI is InChI=1S/C22H15NO3/c24-21-13-12-19(14-20(21)22(25)26)23-15-18-10-8-17(9-11-18)7-6-16-4-2-1-3-5-16/h1-5,8-15,24H,(H,25,26)/b23-15+. The second-order valence-electron chi connectivity index (χ2n) is 5.50. The number of carboxylic acids is 1. The molecule has 0 aliphatic carbocycles. The zero-order valence-corrected chi connectivity index (χ0v) is 13.8. The average Bonchev–Trinajstić information content (AvgIpc) is 2.67. The predicted molar refractivity (Wildman–Crippen MR) is 101 cm³/mol. The Balaban J connectivity index is 1.74. The van der Waals surface area contributed by atoms with Gasteiger partial charge in [0.25, 0.3) is 0 Å². The molecule has 3 rings (SSSR count). The lowest BCUT2D eigenvalue weighted by Gasteiger charge is -2.00. The minimum absolute atomic E-state index is 0.175. The molecule has 0 spiro atoms. The van der Waals surface area contributed by atoms with Gasteiger partial charge >= 0.3 is 5.97 Å². The molecule has 126 valence electrons. The number of hydrogen-bond acceptors (Lipinski definition) is 3. The van der Waals surface area contributed by atoms with E-state index in [-0.39, 0.29) is 11.3 Å². The Labute approximate surface area is 151 Å². The minimum Gasteiger partial charge on any atom is -0.507 e. The summed E-state index contributed by atoms with van der Waals surface area (Å²) in [5.41, 5.74) is 2.99. The summed E-state index contributed by atoms with van der Waals surface area (Å²) in [5.74, 6) is 4.72. The quantitative estimate of drug-likeness (QED) is 0.553. The Morgan fingerprint density at radius 2 is 1.54 bits per heavy atom. The van der Waals surface area contributed by atoms with Crippen molar-refractivity contribution in [3.05, 3.63) is 95.1 Å². The van der Waals surface area contributed by atoms with Gasteiger partial charge in [0.15, 0.2) is 0 Å². The van der Waals surface area contributed by atoms with Crippen molar-refractivity contribution in [2.24, 2.45) is 4.99 Å². The highest BCUT2D eigenvalue weighted by Gasteiger charge is 2.09. The SMILES string of the molecule is O=C(O)c1cc(/N=C/c2ccc(C#Cc3ccccc3)cc2)ccc1O. The van der Waals surface area contributed by atoms with E-state index >= 15 is 0 Å². The summed E-state index contributed by atoms with van der Waals surface area (Å²) in [6.45, 7) is 0. The monoisotopic (exact) mass is 341 g/mol. The van der Waals surface area contributed by atoms with Gasteiger partial charge in [-0.25, -0.2) is 4.79 Å². The number of aromatic hydroxyl groups is 1. The highest BCUT2D eigenvalue weighted by Crippen LogP contribution is 2.23. The van der Waals surface area contributed by atoms with Gasteiger partial charge in [-0.3, -0.25) is 4.99 Å². The van der Waals surface area contributed by atoms with Crippen LogP contribution in [0.5, 0.6) is 5.75 Å². The van der Waals surface area contributed by atoms with Gasteiger partial charge in [0.05, 0.1) is 5.69 Å². The second kappa shape index (κ2) is 7.82. The zero-order valence-electron chi connectivity index (χ0n) is 13.8. The van der Waals surface area contributed by atoms with E-state index in [1.54, 1.807) is 12.3 Å². The van der Waals surface area contributed by atoms with E-state index in [4.69, 9.17) is 5.11 Å². The van der Waals surface area contributed by atoms with Gasteiger partial charge in [-0.2, -0.15) is 0 Å². The first-order chi connectivity index (χ1) is 12.6. The molecule has 3 aromatic rings. The molecule has 3 aromatic carbocycles. The van der Waals surface area contributed by atoms with Gasteiger partial charge in [0.1, 0.15) is 11.3 Å². The summed E-state index contributed by atoms with van der Waals surface area (Å²) < 4.78 is 0. The Morgan fingerprint density at radius 1 is 0.885 bits per heavy atom. The third kappa shape index (κ3) is 4.37. The molecule has 0 fully saturated rings. The maximum Gasteiger partial charge on any atom is 0.339 e. The predicted octanol–water partition coefficient (Wildman–Crippen LogP) is 4.24. The van der Waals surface area contributed by atoms with Crippen LogP contribution in [0.3, 0.4) is 0 Å². The topological polar surface area (TPSA) is 69.9 Å². The molecule has 4 heteroatoms. The first-order valence-corrected chi connectivity index (χ1v) is 7.89. The van der Waals surface area contributed by atoms with Crippen LogP contribution in [0.4, 0.5) is 5.69 Å². The van der Waals surface area contributed by atoms with E-state index in [1.807, 2.05) is 54.6 Å². The molecule has 0 aliphatic heterocycles. The van der Waals surface area contributed by atoms with Crippen molar-refractivity contribution in [2.45, 2.75) is 0 Å². The molecule has 0 unspecified atom stereocenters. The van der Waals surface area contributed by atoms with Crippen molar-refractivity contribution in [1.29, 1.82) is 0 Å². The van der Waals surface area contributed by atoms with Crippen molar-refractivity contribution >= 4 is 17.9 Å². The van der Waals surface area contributed by atoms with Gasteiger partial charge in [-0.15, -0.1) is 0 Å². The van der Waals surface area contributed by atoms with Gasteiger partial charge < -0.3 is 10.2 Å². The number of rotatable bonds is 3. The number of aromatic carboxylic acids is 1. The first kappa shape index (κ1) is 17.0. The van der Waals surface area contributed by atoms with Crippen LogP contribution in [0.2, 0.25) is 0 Å². The maximum absolute atomic E-state index is 11.0. The highest BCUT2D eigenvalue weighted by atomic mass is 16.4. The van der Waals surface area contributed by atoms with Crippen LogP contribution in [0.25, 0.3) is 0 Å². The van der Waals surface area contributed by atoms with Crippen molar-refractivity contribution < 1.29 is 15.0 Å². The van der Waals surface area contributed by atoms with E-state index in [1.165, 1.54) is 12.1 Å². The van der Waals surface area contributed by atoms with E-state index in [2.05, 4.69) is 16.8 Å². The summed E-state index contributed by atoms with van der Waals surface area (Å²) in [7, 11) is 0. The van der Waals surface area contributed by atoms with Crippen LogP contribution in [0.1, 0.15) is 27.0 Å². The number of nitrogens with zero attached hydrogens (tertiary/aromatic N) is 1. The van der Waals surface area contributed by atoms with Crippen molar-refractivity contribution in [2.75, 3.05) is 0 Å². The molecule has 0 aromatic heterocycles. The maximum atomic E-state index is 11.0. The molecule has 0 amide bonds. The fourth-order valence-corrected chi connectivity index (χ4v) is 2.24. The molecule has 0 saturated heterocycles. The molecule has 4 nitrogen and oxygen atoms in total. The number of carboxylic acid groups (broad SMARTS) is 1. The first-order valence-electron chi connectivity index (χ1n) is 7.89. The molecule has 0 atom stereocenters. The summed E-state index contributed by atoms with van der Waals surface area (Å²) in [5, 5.41) is 18.5. The Kier molecular flexibility index (Phi) is 5.11. The van der Waals surface area contributed by atoms with Gasteiger partial charge in [0, 0.05) is 17.3 Å². The lowest BCUT2D eigenvalue weighted by molar-refractivity contribution is 0.0694. The Hall–Kier alpha value is -3.84. The lowest BCUT2D eigenvalue weighted by Crippen LogP contribution is -1.95. The molecule has 0 bridgehead atoms. The van der Waals surface area contributed by atoms with E-state index in [9.17, 15) is 9.90 Å². The van der Waals surface area contributed by atoms with Crippen molar-refractivity contribution in [1.82, 2.24) is 0 Å². The lowest BCUT2D eigenvalue weighted by atomic mass is 10.1. The molecular weight excluding hydrogens is 326 g/mol. The van der Waals surface area contributed by atoms with Crippen LogP contribution >= 0.6 is 0 Å². The third-order valence-electron chi connectivity index (χ3n) is 3.61. The molecular formula is C22H15NO3. The van der Waals surface area contributed by atoms with E-state index in [0.29, 0.717) is 5.69 Å². The smallest absolute Gasteiger partial charge is 0.339 e. The van der Waals surface area contributed by atoms with Crippen molar-refractivity contribution in [3.63, 3.8) is 0 Å². The molecule has 26 heavy (non-hydrogen) atoms.